The van der Waals surface area contributed by atoms with Crippen LogP contribution in [0.15, 0.2) is 48.8 Å². The maximum Gasteiger partial charge on any atom is 0.345 e. The molecule has 1 aromatic heterocycles. The van der Waals surface area contributed by atoms with Gasteiger partial charge in [0, 0.05) is 22.9 Å². The minimum Gasteiger partial charge on any atom is -0.489 e. The van der Waals surface area contributed by atoms with Crippen molar-refractivity contribution in [2.75, 3.05) is 47.9 Å². The molecule has 0 atom stereocenters. The summed E-state index contributed by atoms with van der Waals surface area (Å²) >= 11 is 3.21. The maximum atomic E-state index is 15.2. The monoisotopic (exact) mass is 610 g/mol. The number of carbonyl (C=O) groups is 1. The second-order valence-corrected chi connectivity index (χ2v) is 13.0. The first-order chi connectivity index (χ1) is 18.1. The third-order valence-corrected chi connectivity index (χ3v) is 5.77. The predicted octanol–water partition coefficient (Wildman–Crippen LogP) is 6.02. The molecular weight excluding hydrogens is 585 g/mol. The van der Waals surface area contributed by atoms with E-state index in [1.807, 2.05) is 18.8 Å². The van der Waals surface area contributed by atoms with Crippen LogP contribution in [0.4, 0.5) is 30.4 Å². The fraction of sp³-hybridized carbons (Fsp3) is 0.269. The zero-order chi connectivity index (χ0) is 27.7. The number of amides is 1. The Labute approximate surface area is 228 Å². The van der Waals surface area contributed by atoms with E-state index in [9.17, 15) is 13.6 Å². The van der Waals surface area contributed by atoms with Crippen LogP contribution in [-0.4, -0.2) is 59.8 Å². The largest absolute Gasteiger partial charge is 0.489 e. The van der Waals surface area contributed by atoms with Crippen molar-refractivity contribution in [1.82, 2.24) is 9.97 Å². The van der Waals surface area contributed by atoms with Crippen molar-refractivity contribution in [2.24, 2.45) is 0 Å². The van der Waals surface area contributed by atoms with Gasteiger partial charge in [-0.2, -0.15) is 18.8 Å². The minimum absolute atomic E-state index is 0.163. The molecule has 0 unspecified atom stereocenters. The lowest BCUT2D eigenvalue weighted by Crippen LogP contribution is -2.13. The molecule has 0 aliphatic rings. The molecule has 0 saturated carbocycles. The van der Waals surface area contributed by atoms with E-state index >= 15 is 4.39 Å². The van der Waals surface area contributed by atoms with Gasteiger partial charge in [-0.3, -0.25) is 4.79 Å². The number of nitrogens with one attached hydrogen (secondary N) is 2. The first kappa shape index (κ1) is 29.3. The molecule has 0 aliphatic heterocycles. The van der Waals surface area contributed by atoms with Crippen LogP contribution in [0.2, 0.25) is 0 Å². The van der Waals surface area contributed by atoms with Gasteiger partial charge in [0.25, 0.3) is 0 Å². The summed E-state index contributed by atoms with van der Waals surface area (Å²) < 4.78 is 49.7. The highest BCUT2D eigenvalue weighted by Crippen LogP contribution is 2.35. The Balaban J connectivity index is 1.99. The number of ether oxygens (including phenoxy) is 2. The molecule has 202 valence electrons. The van der Waals surface area contributed by atoms with E-state index in [2.05, 4.69) is 52.4 Å². The lowest BCUT2D eigenvalue weighted by molar-refractivity contribution is -0.133. The predicted molar refractivity (Wildman–Crippen MR) is 150 cm³/mol. The van der Waals surface area contributed by atoms with Crippen molar-refractivity contribution in [3.05, 3.63) is 60.2 Å². The van der Waals surface area contributed by atoms with Gasteiger partial charge in [-0.1, -0.05) is 34.0 Å². The van der Waals surface area contributed by atoms with E-state index in [0.29, 0.717) is 16.2 Å². The topological polar surface area (TPSA) is 85.4 Å². The average molecular weight is 611 g/mol. The van der Waals surface area contributed by atoms with Crippen molar-refractivity contribution in [1.29, 1.82) is 0 Å². The molecule has 3 rings (SSSR count). The standard InChI is InChI=1S/C26H26BrF3N4O3S/c1-38(2,3)13-9-17-6-4-7-19(24(17)28)34-25-18-14-21(33-23(35)8-5-10-27)22(15-20(18)31-16-32-25)36-11-12-37-26(29)30/h4-8,14-16,26H,10-12H2,1-3H3,(H,33,35)(H,31,32,34)/b8-5+. The molecule has 0 bridgehead atoms. The number of hydrogen-bond acceptors (Lipinski definition) is 6. The third kappa shape index (κ3) is 8.65. The molecular formula is C26H26BrF3N4O3S. The summed E-state index contributed by atoms with van der Waals surface area (Å²) in [5.74, 6) is 2.41. The highest BCUT2D eigenvalue weighted by molar-refractivity contribution is 9.09. The lowest BCUT2D eigenvalue weighted by Gasteiger charge is -2.16. The summed E-state index contributed by atoms with van der Waals surface area (Å²) in [6, 6.07) is 7.94. The Kier molecular flexibility index (Phi) is 10.4. The second-order valence-electron chi connectivity index (χ2n) is 8.47. The molecule has 1 heterocycles. The van der Waals surface area contributed by atoms with Gasteiger partial charge in [-0.15, -0.1) is 0 Å². The van der Waals surface area contributed by atoms with Crippen molar-refractivity contribution < 1.29 is 27.4 Å². The summed E-state index contributed by atoms with van der Waals surface area (Å²) in [5, 5.41) is 9.71. The summed E-state index contributed by atoms with van der Waals surface area (Å²) in [7, 11) is -1.14. The molecule has 0 radical (unpaired) electrons. The molecule has 2 aromatic carbocycles. The molecule has 1 amide bonds. The third-order valence-electron chi connectivity index (χ3n) is 4.68. The van der Waals surface area contributed by atoms with Crippen LogP contribution in [0.5, 0.6) is 5.75 Å². The van der Waals surface area contributed by atoms with E-state index in [0.717, 1.165) is 0 Å². The number of fused-ring (bicyclic) bond motifs is 1. The maximum absolute atomic E-state index is 15.2. The number of benzene rings is 2. The number of allylic oxidation sites excluding steroid dienone is 1. The smallest absolute Gasteiger partial charge is 0.345 e. The normalized spacial score (nSPS) is 11.9. The molecule has 2 N–H and O–H groups in total. The van der Waals surface area contributed by atoms with Crippen molar-refractivity contribution in [3.8, 4) is 16.9 Å². The number of halogens is 4. The van der Waals surface area contributed by atoms with Crippen molar-refractivity contribution >= 4 is 60.0 Å². The number of hydrogen-bond donors (Lipinski definition) is 2. The van der Waals surface area contributed by atoms with E-state index < -0.39 is 28.4 Å². The molecule has 3 aromatic rings. The van der Waals surface area contributed by atoms with Crippen LogP contribution in [0.1, 0.15) is 5.56 Å². The molecule has 7 nitrogen and oxygen atoms in total. The first-order valence-electron chi connectivity index (χ1n) is 11.2. The van der Waals surface area contributed by atoms with Gasteiger partial charge in [0.1, 0.15) is 24.5 Å². The van der Waals surface area contributed by atoms with Crippen molar-refractivity contribution in [3.63, 3.8) is 0 Å². The Morgan fingerprint density at radius 1 is 1.18 bits per heavy atom. The number of rotatable bonds is 10. The Bertz CT molecular complexity index is 1390. The number of carbonyl (C=O) groups excluding carboxylic acids is 1. The zero-order valence-corrected chi connectivity index (χ0v) is 23.3. The number of anilines is 3. The van der Waals surface area contributed by atoms with Gasteiger partial charge >= 0.3 is 6.61 Å². The molecule has 0 aliphatic carbocycles. The zero-order valence-electron chi connectivity index (χ0n) is 20.9. The Morgan fingerprint density at radius 2 is 1.97 bits per heavy atom. The number of aromatic nitrogens is 2. The molecule has 0 fully saturated rings. The van der Waals surface area contributed by atoms with Crippen LogP contribution in [0.3, 0.4) is 0 Å². The number of nitrogens with zero attached hydrogens (tertiary/aromatic N) is 2. The molecule has 12 heteroatoms. The molecule has 0 spiro atoms. The van der Waals surface area contributed by atoms with E-state index in [1.54, 1.807) is 30.3 Å². The van der Waals surface area contributed by atoms with Gasteiger partial charge in [-0.25, -0.2) is 14.4 Å². The van der Waals surface area contributed by atoms with Crippen LogP contribution < -0.4 is 15.4 Å². The molecule has 38 heavy (non-hydrogen) atoms. The van der Waals surface area contributed by atoms with Crippen LogP contribution >= 0.6 is 26.0 Å². The van der Waals surface area contributed by atoms with Gasteiger partial charge in [0.15, 0.2) is 5.82 Å². The van der Waals surface area contributed by atoms with Crippen molar-refractivity contribution in [2.45, 2.75) is 6.61 Å². The van der Waals surface area contributed by atoms with Gasteiger partial charge in [0.05, 0.1) is 29.1 Å². The Morgan fingerprint density at radius 3 is 2.68 bits per heavy atom. The highest BCUT2D eigenvalue weighted by Gasteiger charge is 2.15. The SMILES string of the molecule is CS(C)(C)C#Cc1cccc(Nc2ncnc3cc(OCCOC(F)F)c(NC(=O)/C=C/CBr)cc23)c1F. The average Bonchev–Trinajstić information content (AvgIpc) is 2.85. The fourth-order valence-corrected chi connectivity index (χ4v) is 3.68. The first-order valence-corrected chi connectivity index (χ1v) is 15.2. The minimum atomic E-state index is -2.93. The summed E-state index contributed by atoms with van der Waals surface area (Å²) in [6.45, 7) is -3.48. The number of alkyl halides is 3. The quantitative estimate of drug-likeness (QED) is 0.126. The van der Waals surface area contributed by atoms with Gasteiger partial charge in [-0.05, 0) is 42.2 Å². The Hall–Kier alpha value is -3.27. The van der Waals surface area contributed by atoms with E-state index in [1.165, 1.54) is 18.5 Å². The van der Waals surface area contributed by atoms with Crippen LogP contribution in [-0.2, 0) is 9.53 Å². The van der Waals surface area contributed by atoms with Crippen LogP contribution in [0.25, 0.3) is 10.9 Å². The molecule has 0 saturated heterocycles. The van der Waals surface area contributed by atoms with E-state index in [4.69, 9.17) is 4.74 Å². The highest BCUT2D eigenvalue weighted by atomic mass is 79.9. The van der Waals surface area contributed by atoms with E-state index in [-0.39, 0.29) is 41.7 Å². The summed E-state index contributed by atoms with van der Waals surface area (Å²) in [4.78, 5) is 20.9. The fourth-order valence-electron chi connectivity index (χ4n) is 3.08. The second kappa shape index (κ2) is 13.5. The summed E-state index contributed by atoms with van der Waals surface area (Å²) in [6.07, 6.45) is 10.3. The lowest BCUT2D eigenvalue weighted by atomic mass is 10.1. The summed E-state index contributed by atoms with van der Waals surface area (Å²) in [5.41, 5.74) is 1.07. The van der Waals surface area contributed by atoms with Gasteiger partial charge < -0.3 is 20.1 Å². The van der Waals surface area contributed by atoms with Gasteiger partial charge in [0.2, 0.25) is 5.91 Å². The van der Waals surface area contributed by atoms with Crippen LogP contribution in [0, 0.1) is 17.0 Å².